The number of nitrogens with one attached hydrogen (secondary N) is 2. The number of rotatable bonds is 8. The first-order valence-electron chi connectivity index (χ1n) is 11.3. The molecule has 1 aromatic heterocycles. The molecule has 4 rings (SSSR count). The molecule has 1 amide bonds. The molecule has 0 radical (unpaired) electrons. The lowest BCUT2D eigenvalue weighted by atomic mass is 9.77. The molecule has 2 aromatic carbocycles. The summed E-state index contributed by atoms with van der Waals surface area (Å²) in [6, 6.07) is 15.2. The Kier molecular flexibility index (Phi) is 7.41. The molecule has 0 atom stereocenters. The molecular weight excluding hydrogens is 436 g/mol. The van der Waals surface area contributed by atoms with Gasteiger partial charge in [0.2, 0.25) is 0 Å². The Bertz CT molecular complexity index is 1120. The maximum absolute atomic E-state index is 12.5. The number of anilines is 3. The van der Waals surface area contributed by atoms with Crippen LogP contribution in [0.5, 0.6) is 5.75 Å². The predicted octanol–water partition coefficient (Wildman–Crippen LogP) is 4.91. The SMILES string of the molecule is COC(=O)CC1CCC(c2ccc(NC(=O)c3nnc(Nc4ccccc4OC)o3)cc2)CC1. The zero-order chi connectivity index (χ0) is 23.9. The summed E-state index contributed by atoms with van der Waals surface area (Å²) in [5.74, 6) is 0.704. The molecule has 178 valence electrons. The van der Waals surface area contributed by atoms with Crippen molar-refractivity contribution >= 4 is 29.3 Å². The van der Waals surface area contributed by atoms with Gasteiger partial charge in [-0.15, -0.1) is 5.10 Å². The van der Waals surface area contributed by atoms with E-state index in [1.54, 1.807) is 19.2 Å². The molecule has 0 bridgehead atoms. The summed E-state index contributed by atoms with van der Waals surface area (Å²) in [5.41, 5.74) is 2.52. The minimum absolute atomic E-state index is 0.0906. The molecule has 3 aromatic rings. The van der Waals surface area contributed by atoms with Crippen LogP contribution in [0.2, 0.25) is 0 Å². The van der Waals surface area contributed by atoms with Gasteiger partial charge < -0.3 is 24.5 Å². The zero-order valence-electron chi connectivity index (χ0n) is 19.2. The minimum Gasteiger partial charge on any atom is -0.495 e. The Labute approximate surface area is 197 Å². The highest BCUT2D eigenvalue weighted by Crippen LogP contribution is 2.37. The molecule has 0 aliphatic heterocycles. The fourth-order valence-corrected chi connectivity index (χ4v) is 4.27. The van der Waals surface area contributed by atoms with Gasteiger partial charge in [0, 0.05) is 12.1 Å². The summed E-state index contributed by atoms with van der Waals surface area (Å²) in [5, 5.41) is 13.4. The summed E-state index contributed by atoms with van der Waals surface area (Å²) in [4.78, 5) is 24.0. The number of hydrogen-bond acceptors (Lipinski definition) is 8. The van der Waals surface area contributed by atoms with Crippen molar-refractivity contribution < 1.29 is 23.5 Å². The lowest BCUT2D eigenvalue weighted by Gasteiger charge is -2.28. The van der Waals surface area contributed by atoms with Crippen LogP contribution in [0.4, 0.5) is 17.4 Å². The van der Waals surface area contributed by atoms with Crippen molar-refractivity contribution in [1.82, 2.24) is 10.2 Å². The third-order valence-corrected chi connectivity index (χ3v) is 6.14. The molecule has 0 spiro atoms. The van der Waals surface area contributed by atoms with E-state index in [1.165, 1.54) is 12.7 Å². The van der Waals surface area contributed by atoms with E-state index < -0.39 is 5.91 Å². The first-order valence-corrected chi connectivity index (χ1v) is 11.3. The summed E-state index contributed by atoms with van der Waals surface area (Å²) >= 11 is 0. The smallest absolute Gasteiger partial charge is 0.320 e. The van der Waals surface area contributed by atoms with Crippen LogP contribution in [-0.2, 0) is 9.53 Å². The van der Waals surface area contributed by atoms with E-state index in [2.05, 4.69) is 20.8 Å². The van der Waals surface area contributed by atoms with E-state index in [0.29, 0.717) is 35.4 Å². The number of nitrogens with zero attached hydrogens (tertiary/aromatic N) is 2. The molecule has 1 aliphatic rings. The molecule has 9 nitrogen and oxygen atoms in total. The standard InChI is InChI=1S/C25H28N4O5/c1-32-21-6-4-3-5-20(21)27-25-29-28-24(34-25)23(31)26-19-13-11-18(12-14-19)17-9-7-16(8-10-17)15-22(30)33-2/h3-6,11-14,16-17H,7-10,15H2,1-2H3,(H,26,31)(H,27,29). The number of carbonyl (C=O) groups excluding carboxylic acids is 2. The van der Waals surface area contributed by atoms with Gasteiger partial charge in [0.1, 0.15) is 5.75 Å². The normalized spacial score (nSPS) is 17.6. The Morgan fingerprint density at radius 3 is 2.44 bits per heavy atom. The number of para-hydroxylation sites is 2. The average molecular weight is 465 g/mol. The van der Waals surface area contributed by atoms with Gasteiger partial charge in [0.05, 0.1) is 19.9 Å². The first kappa shape index (κ1) is 23.3. The summed E-state index contributed by atoms with van der Waals surface area (Å²) in [6.45, 7) is 0. The number of benzene rings is 2. The molecule has 2 N–H and O–H groups in total. The van der Waals surface area contributed by atoms with Gasteiger partial charge in [-0.05, 0) is 67.3 Å². The van der Waals surface area contributed by atoms with Crippen LogP contribution in [0.25, 0.3) is 0 Å². The highest BCUT2D eigenvalue weighted by molar-refractivity contribution is 6.00. The molecule has 1 aliphatic carbocycles. The Balaban J connectivity index is 1.31. The van der Waals surface area contributed by atoms with Crippen molar-refractivity contribution in [3.05, 3.63) is 60.0 Å². The monoisotopic (exact) mass is 464 g/mol. The molecule has 1 saturated carbocycles. The highest BCUT2D eigenvalue weighted by Gasteiger charge is 2.24. The van der Waals surface area contributed by atoms with E-state index in [1.807, 2.05) is 36.4 Å². The Morgan fingerprint density at radius 2 is 1.74 bits per heavy atom. The van der Waals surface area contributed by atoms with Crippen LogP contribution in [0, 0.1) is 5.92 Å². The van der Waals surface area contributed by atoms with Crippen molar-refractivity contribution in [2.45, 2.75) is 38.0 Å². The van der Waals surface area contributed by atoms with Gasteiger partial charge in [0.15, 0.2) is 0 Å². The van der Waals surface area contributed by atoms with Crippen molar-refractivity contribution in [3.63, 3.8) is 0 Å². The summed E-state index contributed by atoms with van der Waals surface area (Å²) < 4.78 is 15.5. The number of carbonyl (C=O) groups is 2. The third kappa shape index (κ3) is 5.72. The van der Waals surface area contributed by atoms with Gasteiger partial charge in [0.25, 0.3) is 0 Å². The second kappa shape index (κ2) is 10.8. The van der Waals surface area contributed by atoms with E-state index in [0.717, 1.165) is 25.7 Å². The highest BCUT2D eigenvalue weighted by atomic mass is 16.5. The lowest BCUT2D eigenvalue weighted by molar-refractivity contribution is -0.142. The van der Waals surface area contributed by atoms with Crippen LogP contribution >= 0.6 is 0 Å². The summed E-state index contributed by atoms with van der Waals surface area (Å²) in [7, 11) is 3.00. The maximum Gasteiger partial charge on any atom is 0.320 e. The van der Waals surface area contributed by atoms with Crippen LogP contribution in [-0.4, -0.2) is 36.3 Å². The van der Waals surface area contributed by atoms with Crippen LogP contribution in [0.15, 0.2) is 52.9 Å². The fraction of sp³-hybridized carbons (Fsp3) is 0.360. The number of hydrogen-bond donors (Lipinski definition) is 2. The second-order valence-electron chi connectivity index (χ2n) is 8.31. The van der Waals surface area contributed by atoms with Crippen molar-refractivity contribution in [2.75, 3.05) is 24.9 Å². The summed E-state index contributed by atoms with van der Waals surface area (Å²) in [6.07, 6.45) is 4.61. The maximum atomic E-state index is 12.5. The van der Waals surface area contributed by atoms with Gasteiger partial charge in [-0.3, -0.25) is 9.59 Å². The van der Waals surface area contributed by atoms with Crippen molar-refractivity contribution in [2.24, 2.45) is 5.92 Å². The Morgan fingerprint density at radius 1 is 1.00 bits per heavy atom. The van der Waals surface area contributed by atoms with Gasteiger partial charge in [-0.1, -0.05) is 29.4 Å². The van der Waals surface area contributed by atoms with Crippen LogP contribution in [0.1, 0.15) is 54.3 Å². The van der Waals surface area contributed by atoms with Crippen LogP contribution in [0.3, 0.4) is 0 Å². The van der Waals surface area contributed by atoms with Gasteiger partial charge in [-0.2, -0.15) is 0 Å². The predicted molar refractivity (Wildman–Crippen MR) is 126 cm³/mol. The zero-order valence-corrected chi connectivity index (χ0v) is 19.2. The topological polar surface area (TPSA) is 116 Å². The molecule has 1 fully saturated rings. The molecule has 9 heteroatoms. The number of esters is 1. The number of methoxy groups -OCH3 is 2. The minimum atomic E-state index is -0.489. The Hall–Kier alpha value is -3.88. The number of aromatic nitrogens is 2. The van der Waals surface area contributed by atoms with Crippen molar-refractivity contribution in [1.29, 1.82) is 0 Å². The molecule has 34 heavy (non-hydrogen) atoms. The van der Waals surface area contributed by atoms with E-state index in [-0.39, 0.29) is 17.9 Å². The van der Waals surface area contributed by atoms with E-state index in [9.17, 15) is 9.59 Å². The average Bonchev–Trinajstić information content (AvgIpc) is 3.34. The fourth-order valence-electron chi connectivity index (χ4n) is 4.27. The van der Waals surface area contributed by atoms with E-state index in [4.69, 9.17) is 13.9 Å². The number of amides is 1. The van der Waals surface area contributed by atoms with Crippen LogP contribution < -0.4 is 15.4 Å². The molecule has 0 saturated heterocycles. The van der Waals surface area contributed by atoms with Crippen molar-refractivity contribution in [3.8, 4) is 5.75 Å². The molecular formula is C25H28N4O5. The van der Waals surface area contributed by atoms with E-state index >= 15 is 0 Å². The quantitative estimate of drug-likeness (QED) is 0.452. The largest absolute Gasteiger partial charge is 0.495 e. The second-order valence-corrected chi connectivity index (χ2v) is 8.31. The first-order chi connectivity index (χ1) is 16.6. The number of ether oxygens (including phenoxy) is 2. The van der Waals surface area contributed by atoms with Gasteiger partial charge >= 0.3 is 23.8 Å². The third-order valence-electron chi connectivity index (χ3n) is 6.14. The molecule has 1 heterocycles. The lowest BCUT2D eigenvalue weighted by Crippen LogP contribution is -2.17. The molecule has 0 unspecified atom stereocenters. The van der Waals surface area contributed by atoms with Gasteiger partial charge in [-0.25, -0.2) is 0 Å².